The molecule has 7 nitrogen and oxygen atoms in total. The van der Waals surface area contributed by atoms with Gasteiger partial charge in [-0.3, -0.25) is 4.79 Å². The minimum absolute atomic E-state index is 0.342. The van der Waals surface area contributed by atoms with Crippen molar-refractivity contribution in [2.45, 2.75) is 0 Å². The van der Waals surface area contributed by atoms with Gasteiger partial charge in [0.15, 0.2) is 17.3 Å². The molecule has 0 radical (unpaired) electrons. The number of anilines is 1. The van der Waals surface area contributed by atoms with Crippen molar-refractivity contribution >= 4 is 11.6 Å². The van der Waals surface area contributed by atoms with Crippen LogP contribution >= 0.6 is 0 Å². The van der Waals surface area contributed by atoms with E-state index in [4.69, 9.17) is 14.2 Å². The minimum atomic E-state index is -0.342. The summed E-state index contributed by atoms with van der Waals surface area (Å²) in [6.45, 7) is 0. The summed E-state index contributed by atoms with van der Waals surface area (Å²) in [5.74, 6) is 1.47. The predicted octanol–water partition coefficient (Wildman–Crippen LogP) is 3.42. The van der Waals surface area contributed by atoms with Crippen molar-refractivity contribution in [1.29, 1.82) is 0 Å². The molecular weight excluding hydrogens is 346 g/mol. The molecule has 0 fully saturated rings. The molecule has 1 heterocycles. The Balaban J connectivity index is 1.81. The molecule has 2 aromatic carbocycles. The molecule has 138 valence electrons. The van der Waals surface area contributed by atoms with Crippen LogP contribution in [-0.4, -0.2) is 37.2 Å². The summed E-state index contributed by atoms with van der Waals surface area (Å²) in [5, 5.41) is 2.76. The van der Waals surface area contributed by atoms with Gasteiger partial charge in [-0.1, -0.05) is 30.3 Å². The Morgan fingerprint density at radius 3 is 2.00 bits per heavy atom. The molecule has 7 heteroatoms. The maximum atomic E-state index is 12.6. The van der Waals surface area contributed by atoms with E-state index in [1.165, 1.54) is 21.3 Å². The zero-order chi connectivity index (χ0) is 19.2. The first kappa shape index (κ1) is 18.2. The van der Waals surface area contributed by atoms with Gasteiger partial charge in [0.25, 0.3) is 5.91 Å². The summed E-state index contributed by atoms with van der Waals surface area (Å²) in [6, 6.07) is 12.8. The maximum Gasteiger partial charge on any atom is 0.256 e. The van der Waals surface area contributed by atoms with Gasteiger partial charge in [0.1, 0.15) is 0 Å². The number of carbonyl (C=O) groups is 1. The van der Waals surface area contributed by atoms with Crippen LogP contribution in [0.3, 0.4) is 0 Å². The van der Waals surface area contributed by atoms with Crippen LogP contribution in [0.4, 0.5) is 5.69 Å². The smallest absolute Gasteiger partial charge is 0.256 e. The highest BCUT2D eigenvalue weighted by molar-refractivity contribution is 6.05. The number of methoxy groups -OCH3 is 3. The van der Waals surface area contributed by atoms with Crippen molar-refractivity contribution < 1.29 is 19.0 Å². The Morgan fingerprint density at radius 2 is 1.48 bits per heavy atom. The summed E-state index contributed by atoms with van der Waals surface area (Å²) in [7, 11) is 4.50. The SMILES string of the molecule is COc1cc(C(=O)Nc2cnc(-c3ccccc3)nc2)cc(OC)c1OC. The van der Waals surface area contributed by atoms with Crippen LogP contribution < -0.4 is 19.5 Å². The second-order valence-corrected chi connectivity index (χ2v) is 5.53. The molecule has 3 rings (SSSR count). The summed E-state index contributed by atoms with van der Waals surface area (Å²) in [4.78, 5) is 21.2. The number of aromatic nitrogens is 2. The molecule has 0 unspecified atom stereocenters. The topological polar surface area (TPSA) is 82.6 Å². The molecule has 0 saturated heterocycles. The number of hydrogen-bond acceptors (Lipinski definition) is 6. The summed E-state index contributed by atoms with van der Waals surface area (Å²) in [5.41, 5.74) is 1.74. The Labute approximate surface area is 156 Å². The van der Waals surface area contributed by atoms with Gasteiger partial charge in [0.2, 0.25) is 5.75 Å². The number of nitrogens with zero attached hydrogens (tertiary/aromatic N) is 2. The number of amides is 1. The van der Waals surface area contributed by atoms with Crippen molar-refractivity contribution in [1.82, 2.24) is 9.97 Å². The van der Waals surface area contributed by atoms with Gasteiger partial charge < -0.3 is 19.5 Å². The maximum absolute atomic E-state index is 12.6. The highest BCUT2D eigenvalue weighted by Gasteiger charge is 2.17. The molecule has 0 bridgehead atoms. The highest BCUT2D eigenvalue weighted by Crippen LogP contribution is 2.38. The van der Waals surface area contributed by atoms with Crippen molar-refractivity contribution in [3.05, 3.63) is 60.4 Å². The lowest BCUT2D eigenvalue weighted by Gasteiger charge is -2.14. The number of carbonyl (C=O) groups excluding carboxylic acids is 1. The fourth-order valence-corrected chi connectivity index (χ4v) is 2.54. The lowest BCUT2D eigenvalue weighted by molar-refractivity contribution is 0.102. The predicted molar refractivity (Wildman–Crippen MR) is 102 cm³/mol. The average Bonchev–Trinajstić information content (AvgIpc) is 2.73. The lowest BCUT2D eigenvalue weighted by atomic mass is 10.1. The van der Waals surface area contributed by atoms with Crippen molar-refractivity contribution in [2.75, 3.05) is 26.6 Å². The Hall–Kier alpha value is -3.61. The molecule has 1 aromatic heterocycles. The highest BCUT2D eigenvalue weighted by atomic mass is 16.5. The second kappa shape index (κ2) is 8.18. The van der Waals surface area contributed by atoms with E-state index in [0.29, 0.717) is 34.3 Å². The zero-order valence-corrected chi connectivity index (χ0v) is 15.2. The fraction of sp³-hybridized carbons (Fsp3) is 0.150. The minimum Gasteiger partial charge on any atom is -0.493 e. The largest absolute Gasteiger partial charge is 0.493 e. The molecule has 0 aliphatic carbocycles. The van der Waals surface area contributed by atoms with Crippen molar-refractivity contribution in [2.24, 2.45) is 0 Å². The van der Waals surface area contributed by atoms with Crippen molar-refractivity contribution in [3.63, 3.8) is 0 Å². The molecular formula is C20H19N3O4. The van der Waals surface area contributed by atoms with E-state index in [2.05, 4.69) is 15.3 Å². The number of rotatable bonds is 6. The van der Waals surface area contributed by atoms with Crippen LogP contribution in [0.5, 0.6) is 17.2 Å². The summed E-state index contributed by atoms with van der Waals surface area (Å²) >= 11 is 0. The van der Waals surface area contributed by atoms with Gasteiger partial charge >= 0.3 is 0 Å². The normalized spacial score (nSPS) is 10.2. The molecule has 0 atom stereocenters. The monoisotopic (exact) mass is 365 g/mol. The van der Waals surface area contributed by atoms with Crippen LogP contribution in [0.2, 0.25) is 0 Å². The first-order chi connectivity index (χ1) is 13.2. The summed E-state index contributed by atoms with van der Waals surface area (Å²) < 4.78 is 15.8. The fourth-order valence-electron chi connectivity index (χ4n) is 2.54. The Kier molecular flexibility index (Phi) is 5.51. The standard InChI is InChI=1S/C20H19N3O4/c1-25-16-9-14(10-17(26-2)18(16)27-3)20(24)23-15-11-21-19(22-12-15)13-7-5-4-6-8-13/h4-12H,1-3H3,(H,23,24). The molecule has 0 spiro atoms. The summed E-state index contributed by atoms with van der Waals surface area (Å²) in [6.07, 6.45) is 3.12. The lowest BCUT2D eigenvalue weighted by Crippen LogP contribution is -2.13. The van der Waals surface area contributed by atoms with Gasteiger partial charge in [-0.2, -0.15) is 0 Å². The Bertz CT molecular complexity index is 903. The first-order valence-electron chi connectivity index (χ1n) is 8.15. The molecule has 0 saturated carbocycles. The van der Waals surface area contributed by atoms with E-state index >= 15 is 0 Å². The van der Waals surface area contributed by atoms with E-state index in [1.807, 2.05) is 30.3 Å². The van der Waals surface area contributed by atoms with Gasteiger partial charge in [0, 0.05) is 11.1 Å². The molecule has 1 amide bonds. The zero-order valence-electron chi connectivity index (χ0n) is 15.2. The Morgan fingerprint density at radius 1 is 0.889 bits per heavy atom. The van der Waals surface area contributed by atoms with Gasteiger partial charge in [-0.15, -0.1) is 0 Å². The molecule has 3 aromatic rings. The van der Waals surface area contributed by atoms with Gasteiger partial charge in [-0.25, -0.2) is 9.97 Å². The van der Waals surface area contributed by atoms with Crippen LogP contribution in [0.15, 0.2) is 54.9 Å². The molecule has 27 heavy (non-hydrogen) atoms. The van der Waals surface area contributed by atoms with Crippen LogP contribution in [0.25, 0.3) is 11.4 Å². The van der Waals surface area contributed by atoms with Crippen LogP contribution in [-0.2, 0) is 0 Å². The van der Waals surface area contributed by atoms with Crippen LogP contribution in [0, 0.1) is 0 Å². The third kappa shape index (κ3) is 3.98. The van der Waals surface area contributed by atoms with Crippen LogP contribution in [0.1, 0.15) is 10.4 Å². The van der Waals surface area contributed by atoms with Crippen molar-refractivity contribution in [3.8, 4) is 28.6 Å². The van der Waals surface area contributed by atoms with E-state index in [-0.39, 0.29) is 5.91 Å². The van der Waals surface area contributed by atoms with E-state index < -0.39 is 0 Å². The van der Waals surface area contributed by atoms with Gasteiger partial charge in [0.05, 0.1) is 39.4 Å². The van der Waals surface area contributed by atoms with E-state index in [0.717, 1.165) is 5.56 Å². The molecule has 0 aliphatic rings. The second-order valence-electron chi connectivity index (χ2n) is 5.53. The number of ether oxygens (including phenoxy) is 3. The third-order valence-corrected chi connectivity index (χ3v) is 3.87. The quantitative estimate of drug-likeness (QED) is 0.721. The first-order valence-corrected chi connectivity index (χ1v) is 8.15. The molecule has 1 N–H and O–H groups in total. The molecule has 0 aliphatic heterocycles. The number of nitrogens with one attached hydrogen (secondary N) is 1. The van der Waals surface area contributed by atoms with Gasteiger partial charge in [-0.05, 0) is 12.1 Å². The number of benzene rings is 2. The third-order valence-electron chi connectivity index (χ3n) is 3.87. The average molecular weight is 365 g/mol. The number of hydrogen-bond donors (Lipinski definition) is 1. The van der Waals surface area contributed by atoms with E-state index in [1.54, 1.807) is 24.5 Å². The van der Waals surface area contributed by atoms with E-state index in [9.17, 15) is 4.79 Å².